The number of aromatic nitrogens is 1. The van der Waals surface area contributed by atoms with E-state index in [4.69, 9.17) is 0 Å². The molecular formula is C17H23N3. The van der Waals surface area contributed by atoms with Crippen LogP contribution in [-0.4, -0.2) is 34.6 Å². The Balaban J connectivity index is 1.89. The molecule has 0 radical (unpaired) electrons. The number of fused-ring (bicyclic) bond motifs is 1. The fraction of sp³-hybridized carbons (Fsp3) is 0.471. The first-order valence-corrected chi connectivity index (χ1v) is 7.37. The van der Waals surface area contributed by atoms with Crippen LogP contribution in [0.5, 0.6) is 0 Å². The van der Waals surface area contributed by atoms with Crippen LogP contribution >= 0.6 is 0 Å². The van der Waals surface area contributed by atoms with Crippen molar-refractivity contribution in [1.29, 1.82) is 0 Å². The number of rotatable bonds is 2. The summed E-state index contributed by atoms with van der Waals surface area (Å²) in [7, 11) is 0. The van der Waals surface area contributed by atoms with E-state index in [1.54, 1.807) is 0 Å². The van der Waals surface area contributed by atoms with Crippen molar-refractivity contribution in [3.8, 4) is 0 Å². The zero-order chi connectivity index (χ0) is 14.2. The summed E-state index contributed by atoms with van der Waals surface area (Å²) in [6.07, 6.45) is 1.89. The van der Waals surface area contributed by atoms with Crippen LogP contribution in [0, 0.1) is 0 Å². The summed E-state index contributed by atoms with van der Waals surface area (Å²) in [5.74, 6) is 0. The summed E-state index contributed by atoms with van der Waals surface area (Å²) in [6.45, 7) is 9.92. The molecule has 1 aliphatic rings. The molecule has 1 aromatic carbocycles. The third-order valence-electron chi connectivity index (χ3n) is 4.19. The molecule has 1 fully saturated rings. The Labute approximate surface area is 121 Å². The molecule has 2 aromatic rings. The lowest BCUT2D eigenvalue weighted by Crippen LogP contribution is -2.60. The third-order valence-corrected chi connectivity index (χ3v) is 4.19. The molecule has 3 heteroatoms. The molecule has 0 bridgehead atoms. The van der Waals surface area contributed by atoms with E-state index in [1.165, 1.54) is 10.9 Å². The second-order valence-electron chi connectivity index (χ2n) is 6.51. The van der Waals surface area contributed by atoms with E-state index < -0.39 is 0 Å². The smallest absolute Gasteiger partial charge is 0.0746 e. The second kappa shape index (κ2) is 5.15. The number of benzene rings is 1. The fourth-order valence-electron chi connectivity index (χ4n) is 3.00. The average Bonchev–Trinajstić information content (AvgIpc) is 2.43. The Morgan fingerprint density at radius 1 is 1.30 bits per heavy atom. The molecule has 0 amide bonds. The van der Waals surface area contributed by atoms with Gasteiger partial charge in [-0.3, -0.25) is 9.88 Å². The number of nitrogens with one attached hydrogen (secondary N) is 1. The van der Waals surface area contributed by atoms with Crippen LogP contribution in [-0.2, 0) is 6.54 Å². The highest BCUT2D eigenvalue weighted by atomic mass is 15.2. The van der Waals surface area contributed by atoms with Gasteiger partial charge in [0.25, 0.3) is 0 Å². The van der Waals surface area contributed by atoms with Crippen LogP contribution in [0.3, 0.4) is 0 Å². The van der Waals surface area contributed by atoms with E-state index in [0.29, 0.717) is 6.04 Å². The maximum Gasteiger partial charge on any atom is 0.0746 e. The molecule has 2 heterocycles. The quantitative estimate of drug-likeness (QED) is 0.908. The predicted octanol–water partition coefficient (Wildman–Crippen LogP) is 2.81. The maximum absolute atomic E-state index is 4.57. The van der Waals surface area contributed by atoms with Crippen LogP contribution in [0.2, 0.25) is 0 Å². The highest BCUT2D eigenvalue weighted by Gasteiger charge is 2.30. The van der Waals surface area contributed by atoms with Crippen molar-refractivity contribution in [1.82, 2.24) is 15.2 Å². The van der Waals surface area contributed by atoms with E-state index in [-0.39, 0.29) is 5.54 Å². The van der Waals surface area contributed by atoms with Crippen molar-refractivity contribution in [2.24, 2.45) is 0 Å². The van der Waals surface area contributed by atoms with Crippen LogP contribution in [0.1, 0.15) is 26.3 Å². The summed E-state index contributed by atoms with van der Waals surface area (Å²) in [5.41, 5.74) is 2.65. The van der Waals surface area contributed by atoms with Gasteiger partial charge in [-0.25, -0.2) is 0 Å². The second-order valence-corrected chi connectivity index (χ2v) is 6.51. The van der Waals surface area contributed by atoms with Gasteiger partial charge in [0.2, 0.25) is 0 Å². The zero-order valence-corrected chi connectivity index (χ0v) is 12.6. The van der Waals surface area contributed by atoms with Crippen molar-refractivity contribution < 1.29 is 0 Å². The van der Waals surface area contributed by atoms with Gasteiger partial charge in [0.1, 0.15) is 0 Å². The summed E-state index contributed by atoms with van der Waals surface area (Å²) in [5, 5.41) is 4.83. The Bertz CT molecular complexity index is 601. The van der Waals surface area contributed by atoms with Crippen LogP contribution in [0.15, 0.2) is 36.5 Å². The van der Waals surface area contributed by atoms with Gasteiger partial charge >= 0.3 is 0 Å². The number of hydrogen-bond donors (Lipinski definition) is 1. The van der Waals surface area contributed by atoms with E-state index >= 15 is 0 Å². The zero-order valence-electron chi connectivity index (χ0n) is 12.6. The maximum atomic E-state index is 4.57. The van der Waals surface area contributed by atoms with Gasteiger partial charge in [-0.1, -0.05) is 24.3 Å². The molecule has 1 aromatic heterocycles. The molecule has 1 N–H and O–H groups in total. The van der Waals surface area contributed by atoms with Crippen molar-refractivity contribution in [2.45, 2.75) is 38.9 Å². The lowest BCUT2D eigenvalue weighted by atomic mass is 9.98. The van der Waals surface area contributed by atoms with Gasteiger partial charge in [-0.15, -0.1) is 0 Å². The normalized spacial score (nSPS) is 23.1. The lowest BCUT2D eigenvalue weighted by Gasteiger charge is -2.43. The van der Waals surface area contributed by atoms with Gasteiger partial charge < -0.3 is 5.32 Å². The minimum absolute atomic E-state index is 0.185. The molecule has 3 rings (SSSR count). The Kier molecular flexibility index (Phi) is 3.48. The molecule has 3 nitrogen and oxygen atoms in total. The number of piperazine rings is 1. The first-order valence-electron chi connectivity index (χ1n) is 7.37. The highest BCUT2D eigenvalue weighted by molar-refractivity contribution is 5.81. The van der Waals surface area contributed by atoms with Crippen molar-refractivity contribution in [3.63, 3.8) is 0 Å². The Morgan fingerprint density at radius 2 is 2.10 bits per heavy atom. The van der Waals surface area contributed by atoms with Gasteiger partial charge in [0.15, 0.2) is 0 Å². The van der Waals surface area contributed by atoms with Crippen LogP contribution in [0.4, 0.5) is 0 Å². The number of para-hydroxylation sites is 1. The van der Waals surface area contributed by atoms with E-state index in [2.05, 4.69) is 60.2 Å². The monoisotopic (exact) mass is 269 g/mol. The third kappa shape index (κ3) is 2.69. The fourth-order valence-corrected chi connectivity index (χ4v) is 3.00. The molecule has 0 spiro atoms. The van der Waals surface area contributed by atoms with Crippen molar-refractivity contribution in [2.75, 3.05) is 13.1 Å². The van der Waals surface area contributed by atoms with Crippen LogP contribution < -0.4 is 5.32 Å². The molecule has 106 valence electrons. The summed E-state index contributed by atoms with van der Waals surface area (Å²) >= 11 is 0. The molecule has 1 atom stereocenters. The highest BCUT2D eigenvalue weighted by Crippen LogP contribution is 2.22. The van der Waals surface area contributed by atoms with E-state index in [9.17, 15) is 0 Å². The number of hydrogen-bond acceptors (Lipinski definition) is 3. The summed E-state index contributed by atoms with van der Waals surface area (Å²) in [4.78, 5) is 7.12. The lowest BCUT2D eigenvalue weighted by molar-refractivity contribution is 0.0981. The summed E-state index contributed by atoms with van der Waals surface area (Å²) < 4.78 is 0. The SMILES string of the molecule is CC1CNC(C)(C)CN1Cc1cccc2cccnc12. The van der Waals surface area contributed by atoms with E-state index in [0.717, 1.165) is 25.2 Å². The molecule has 0 saturated carbocycles. The van der Waals surface area contributed by atoms with Crippen molar-refractivity contribution >= 4 is 10.9 Å². The van der Waals surface area contributed by atoms with Gasteiger partial charge in [0.05, 0.1) is 5.52 Å². The van der Waals surface area contributed by atoms with Gasteiger partial charge in [0, 0.05) is 42.8 Å². The molecule has 1 saturated heterocycles. The standard InChI is InChI=1S/C17H23N3/c1-13-10-19-17(2,3)12-20(13)11-15-7-4-6-14-8-5-9-18-16(14)15/h4-9,13,19H,10-12H2,1-3H3. The number of pyridine rings is 1. The molecular weight excluding hydrogens is 246 g/mol. The molecule has 0 aliphatic carbocycles. The molecule has 1 unspecified atom stereocenters. The first kappa shape index (κ1) is 13.5. The van der Waals surface area contributed by atoms with E-state index in [1.807, 2.05) is 12.3 Å². The summed E-state index contributed by atoms with van der Waals surface area (Å²) in [6, 6.07) is 11.2. The average molecular weight is 269 g/mol. The predicted molar refractivity (Wildman–Crippen MR) is 83.7 cm³/mol. The van der Waals surface area contributed by atoms with Gasteiger partial charge in [-0.05, 0) is 32.4 Å². The minimum Gasteiger partial charge on any atom is -0.309 e. The van der Waals surface area contributed by atoms with Gasteiger partial charge in [-0.2, -0.15) is 0 Å². The van der Waals surface area contributed by atoms with Crippen LogP contribution in [0.25, 0.3) is 10.9 Å². The molecule has 20 heavy (non-hydrogen) atoms. The number of nitrogens with zero attached hydrogens (tertiary/aromatic N) is 2. The Morgan fingerprint density at radius 3 is 2.95 bits per heavy atom. The minimum atomic E-state index is 0.185. The Hall–Kier alpha value is -1.45. The largest absolute Gasteiger partial charge is 0.309 e. The first-order chi connectivity index (χ1) is 9.55. The van der Waals surface area contributed by atoms with Crippen molar-refractivity contribution in [3.05, 3.63) is 42.1 Å². The molecule has 1 aliphatic heterocycles. The topological polar surface area (TPSA) is 28.2 Å².